The second kappa shape index (κ2) is 10.7. The van der Waals surface area contributed by atoms with E-state index in [-0.39, 0.29) is 5.04 Å². The zero-order valence-corrected chi connectivity index (χ0v) is 23.5. The van der Waals surface area contributed by atoms with Crippen molar-refractivity contribution in [3.63, 3.8) is 0 Å². The first-order valence-electron chi connectivity index (χ1n) is 13.8. The molecule has 2 fully saturated rings. The molecule has 0 aromatic rings. The van der Waals surface area contributed by atoms with Gasteiger partial charge in [0.25, 0.3) is 0 Å². The van der Waals surface area contributed by atoms with Crippen molar-refractivity contribution in [2.45, 2.75) is 114 Å². The molecule has 0 radical (unpaired) electrons. The molecule has 2 heterocycles. The second-order valence-electron chi connectivity index (χ2n) is 12.9. The number of allylic oxidation sites excluding steroid dienone is 1. The molecule has 4 aliphatic rings. The third-order valence-electron chi connectivity index (χ3n) is 9.53. The van der Waals surface area contributed by atoms with Crippen molar-refractivity contribution in [1.29, 1.82) is 0 Å². The number of likely N-dealkylation sites (tertiary alicyclic amines) is 1. The normalized spacial score (nSPS) is 33.9. The molecule has 6 atom stereocenters. The summed E-state index contributed by atoms with van der Waals surface area (Å²) in [6.07, 6.45) is 14.1. The first kappa shape index (κ1) is 26.4. The van der Waals surface area contributed by atoms with E-state index in [2.05, 4.69) is 63.3 Å². The maximum Gasteiger partial charge on any atom is 0.192 e. The van der Waals surface area contributed by atoms with Crippen molar-refractivity contribution in [2.24, 2.45) is 11.8 Å². The van der Waals surface area contributed by atoms with Gasteiger partial charge in [-0.15, -0.1) is 0 Å². The monoisotopic (exact) mass is 492 g/mol. The molecule has 0 spiro atoms. The van der Waals surface area contributed by atoms with Gasteiger partial charge in [0.05, 0.1) is 5.76 Å². The lowest BCUT2D eigenvalue weighted by Gasteiger charge is -2.45. The molecule has 2 aliphatic carbocycles. The number of piperidine rings is 2. The summed E-state index contributed by atoms with van der Waals surface area (Å²) in [5.41, 5.74) is 1.68. The largest absolute Gasteiger partial charge is 0.496 e. The number of hydrogen-bond acceptors (Lipinski definition) is 4. The Kier molecular flexibility index (Phi) is 8.33. The van der Waals surface area contributed by atoms with Crippen LogP contribution >= 0.6 is 0 Å². The maximum absolute atomic E-state index is 13.7. The van der Waals surface area contributed by atoms with E-state index in [1.165, 1.54) is 45.1 Å². The molecule has 4 nitrogen and oxygen atoms in total. The molecule has 194 valence electrons. The number of halogens is 1. The fraction of sp³-hybridized carbons (Fsp3) is 0.857. The molecule has 4 rings (SSSR count). The summed E-state index contributed by atoms with van der Waals surface area (Å²) in [6, 6.07) is 1.86. The molecule has 4 unspecified atom stereocenters. The Bertz CT molecular complexity index is 762. The van der Waals surface area contributed by atoms with Crippen LogP contribution < -0.4 is 5.32 Å². The number of fused-ring (bicyclic) bond motifs is 2. The molecule has 1 N–H and O–H groups in total. The second-order valence-corrected chi connectivity index (χ2v) is 17.7. The van der Waals surface area contributed by atoms with Gasteiger partial charge in [-0.1, -0.05) is 32.4 Å². The number of alkyl halides is 1. The highest BCUT2D eigenvalue weighted by Gasteiger charge is 2.40. The van der Waals surface area contributed by atoms with Crippen LogP contribution in [-0.4, -0.2) is 64.3 Å². The summed E-state index contributed by atoms with van der Waals surface area (Å²) < 4.78 is 26.1. The van der Waals surface area contributed by atoms with Crippen LogP contribution in [0, 0.1) is 11.8 Å². The molecule has 2 saturated heterocycles. The fourth-order valence-corrected chi connectivity index (χ4v) is 7.67. The lowest BCUT2D eigenvalue weighted by atomic mass is 9.73. The van der Waals surface area contributed by atoms with Gasteiger partial charge < -0.3 is 19.4 Å². The Morgan fingerprint density at radius 2 is 1.91 bits per heavy atom. The highest BCUT2D eigenvalue weighted by atomic mass is 28.4. The lowest BCUT2D eigenvalue weighted by molar-refractivity contribution is 0.0505. The highest BCUT2D eigenvalue weighted by molar-refractivity contribution is 6.74. The number of nitrogens with one attached hydrogen (secondary N) is 1. The van der Waals surface area contributed by atoms with Crippen molar-refractivity contribution in [1.82, 2.24) is 10.2 Å². The zero-order valence-electron chi connectivity index (χ0n) is 22.5. The topological polar surface area (TPSA) is 33.7 Å². The summed E-state index contributed by atoms with van der Waals surface area (Å²) in [6.45, 7) is 12.0. The molecule has 6 heteroatoms. The summed E-state index contributed by atoms with van der Waals surface area (Å²) >= 11 is 0. The first-order chi connectivity index (χ1) is 16.1. The van der Waals surface area contributed by atoms with Crippen molar-refractivity contribution in [3.05, 3.63) is 23.5 Å². The maximum atomic E-state index is 13.7. The lowest BCUT2D eigenvalue weighted by Crippen LogP contribution is -2.51. The fourth-order valence-electron chi connectivity index (χ4n) is 6.35. The Morgan fingerprint density at radius 1 is 1.12 bits per heavy atom. The molecule has 0 aromatic heterocycles. The number of rotatable bonds is 7. The van der Waals surface area contributed by atoms with E-state index in [1.54, 1.807) is 5.57 Å². The quantitative estimate of drug-likeness (QED) is 0.338. The average Bonchev–Trinajstić information content (AvgIpc) is 2.80. The van der Waals surface area contributed by atoms with Crippen molar-refractivity contribution < 1.29 is 13.6 Å². The van der Waals surface area contributed by atoms with Gasteiger partial charge in [-0.3, -0.25) is 0 Å². The van der Waals surface area contributed by atoms with Gasteiger partial charge in [-0.05, 0) is 94.6 Å². The minimum Gasteiger partial charge on any atom is -0.496 e. The van der Waals surface area contributed by atoms with Gasteiger partial charge in [0.15, 0.2) is 8.32 Å². The SMILES string of the molecule is CN1CCC[C@@H]2CC(C3CC[C@@H]4CC(OCC(CF)O[Si](C)(C)C(C)(C)C)=CCC4N3)=CCC21. The molecule has 0 amide bonds. The Morgan fingerprint density at radius 3 is 2.65 bits per heavy atom. The Labute approximate surface area is 208 Å². The van der Waals surface area contributed by atoms with Crippen LogP contribution in [0.3, 0.4) is 0 Å². The van der Waals surface area contributed by atoms with E-state index in [0.29, 0.717) is 24.6 Å². The van der Waals surface area contributed by atoms with E-state index in [1.807, 2.05) is 0 Å². The van der Waals surface area contributed by atoms with E-state index in [4.69, 9.17) is 9.16 Å². The third kappa shape index (κ3) is 5.99. The third-order valence-corrected chi connectivity index (χ3v) is 14.1. The van der Waals surface area contributed by atoms with Gasteiger partial charge in [-0.25, -0.2) is 4.39 Å². The van der Waals surface area contributed by atoms with Crippen LogP contribution in [0.25, 0.3) is 0 Å². The molecule has 2 aliphatic heterocycles. The summed E-state index contributed by atoms with van der Waals surface area (Å²) in [7, 11) is 0.308. The van der Waals surface area contributed by atoms with Gasteiger partial charge in [0.2, 0.25) is 0 Å². The minimum absolute atomic E-state index is 0.0731. The van der Waals surface area contributed by atoms with Gasteiger partial charge in [-0.2, -0.15) is 0 Å². The molecule has 0 bridgehead atoms. The minimum atomic E-state index is -2.00. The number of nitrogens with zero attached hydrogens (tertiary/aromatic N) is 1. The predicted molar refractivity (Wildman–Crippen MR) is 141 cm³/mol. The summed E-state index contributed by atoms with van der Waals surface area (Å²) in [5, 5.41) is 4.09. The Hall–Kier alpha value is -0.693. The van der Waals surface area contributed by atoms with Gasteiger partial charge in [0, 0.05) is 24.5 Å². The summed E-state index contributed by atoms with van der Waals surface area (Å²) in [5.74, 6) is 2.52. The smallest absolute Gasteiger partial charge is 0.192 e. The van der Waals surface area contributed by atoms with Crippen LogP contribution in [0.1, 0.15) is 72.1 Å². The van der Waals surface area contributed by atoms with Crippen LogP contribution in [-0.2, 0) is 9.16 Å². The van der Waals surface area contributed by atoms with Crippen LogP contribution in [0.2, 0.25) is 18.1 Å². The highest BCUT2D eigenvalue weighted by Crippen LogP contribution is 2.40. The molecular weight excluding hydrogens is 443 g/mol. The zero-order chi connectivity index (χ0) is 24.5. The van der Waals surface area contributed by atoms with Crippen LogP contribution in [0.4, 0.5) is 4.39 Å². The first-order valence-corrected chi connectivity index (χ1v) is 16.7. The Balaban J connectivity index is 1.28. The van der Waals surface area contributed by atoms with E-state index in [9.17, 15) is 4.39 Å². The van der Waals surface area contributed by atoms with Gasteiger partial charge >= 0.3 is 0 Å². The summed E-state index contributed by atoms with van der Waals surface area (Å²) in [4.78, 5) is 2.59. The van der Waals surface area contributed by atoms with Crippen molar-refractivity contribution in [2.75, 3.05) is 26.9 Å². The molecular formula is C28H49FN2O2Si. The van der Waals surface area contributed by atoms with E-state index >= 15 is 0 Å². The van der Waals surface area contributed by atoms with Gasteiger partial charge in [0.1, 0.15) is 19.4 Å². The number of ether oxygens (including phenoxy) is 1. The standard InChI is InChI=1S/C28H49FN2O2Si/c1-28(2,3)34(5,6)33-24(18-29)19-32-23-11-13-26-21(17-23)9-12-25(30-26)20-10-14-27-22(16-20)8-7-15-31(27)4/h10-11,21-22,24-27,30H,7-9,12-19H2,1-6H3/t21-,22-,24?,25?,26?,27?/m1/s1. The molecule has 0 aromatic carbocycles. The van der Waals surface area contributed by atoms with Crippen molar-refractivity contribution >= 4 is 8.32 Å². The van der Waals surface area contributed by atoms with E-state index in [0.717, 1.165) is 30.6 Å². The van der Waals surface area contributed by atoms with Crippen molar-refractivity contribution in [3.8, 4) is 0 Å². The molecule has 34 heavy (non-hydrogen) atoms. The van der Waals surface area contributed by atoms with E-state index < -0.39 is 21.1 Å². The van der Waals surface area contributed by atoms with Crippen LogP contribution in [0.15, 0.2) is 23.5 Å². The average molecular weight is 493 g/mol. The predicted octanol–water partition coefficient (Wildman–Crippen LogP) is 6.21. The number of hydrogen-bond donors (Lipinski definition) is 1. The molecule has 0 saturated carbocycles. The van der Waals surface area contributed by atoms with Crippen LogP contribution in [0.5, 0.6) is 0 Å².